The van der Waals surface area contributed by atoms with E-state index in [4.69, 9.17) is 27.9 Å². The molecular formula is C18H18Cl2N4O2S. The summed E-state index contributed by atoms with van der Waals surface area (Å²) in [5.41, 5.74) is 0.736. The topological polar surface area (TPSA) is 68.5 Å². The first kappa shape index (κ1) is 19.8. The second-order valence-corrected chi connectivity index (χ2v) is 7.58. The van der Waals surface area contributed by atoms with Gasteiger partial charge in [0.15, 0.2) is 18.1 Å². The van der Waals surface area contributed by atoms with E-state index in [9.17, 15) is 4.79 Å². The van der Waals surface area contributed by atoms with Gasteiger partial charge in [-0.15, -0.1) is 10.2 Å². The molecule has 2 aromatic heterocycles. The zero-order valence-corrected chi connectivity index (χ0v) is 16.9. The molecule has 0 bridgehead atoms. The van der Waals surface area contributed by atoms with Gasteiger partial charge in [0.1, 0.15) is 5.75 Å². The smallest absolute Gasteiger partial charge is 0.258 e. The quantitative estimate of drug-likeness (QED) is 0.590. The third-order valence-electron chi connectivity index (χ3n) is 3.85. The van der Waals surface area contributed by atoms with Crippen molar-refractivity contribution in [2.24, 2.45) is 0 Å². The highest BCUT2D eigenvalue weighted by molar-refractivity contribution is 7.98. The van der Waals surface area contributed by atoms with Crippen LogP contribution in [0.5, 0.6) is 5.75 Å². The summed E-state index contributed by atoms with van der Waals surface area (Å²) >= 11 is 13.6. The van der Waals surface area contributed by atoms with Gasteiger partial charge in [-0.3, -0.25) is 9.20 Å². The van der Waals surface area contributed by atoms with Crippen LogP contribution in [-0.2, 0) is 4.79 Å². The van der Waals surface area contributed by atoms with Crippen LogP contribution in [0, 0.1) is 0 Å². The lowest BCUT2D eigenvalue weighted by Crippen LogP contribution is -2.34. The Morgan fingerprint density at radius 1 is 1.30 bits per heavy atom. The van der Waals surface area contributed by atoms with Crippen LogP contribution in [-0.4, -0.2) is 39.1 Å². The van der Waals surface area contributed by atoms with E-state index in [-0.39, 0.29) is 18.6 Å². The predicted molar refractivity (Wildman–Crippen MR) is 109 cm³/mol. The van der Waals surface area contributed by atoms with Crippen molar-refractivity contribution >= 4 is 46.5 Å². The van der Waals surface area contributed by atoms with Gasteiger partial charge in [0, 0.05) is 11.2 Å². The lowest BCUT2D eigenvalue weighted by molar-refractivity contribution is -0.123. The molecule has 0 aliphatic heterocycles. The van der Waals surface area contributed by atoms with Crippen LogP contribution in [0.2, 0.25) is 10.0 Å². The first-order valence-corrected chi connectivity index (χ1v) is 10.4. The van der Waals surface area contributed by atoms with Gasteiger partial charge in [-0.1, -0.05) is 29.3 Å². The fourth-order valence-electron chi connectivity index (χ4n) is 2.57. The SMILES string of the molecule is CSCCC(NC(=O)COc1ccc(Cl)cc1Cl)c1nnc2ccccn12. The molecule has 1 unspecified atom stereocenters. The average Bonchev–Trinajstić information content (AvgIpc) is 3.08. The molecule has 0 saturated heterocycles. The second-order valence-electron chi connectivity index (χ2n) is 5.75. The largest absolute Gasteiger partial charge is 0.482 e. The zero-order valence-electron chi connectivity index (χ0n) is 14.6. The van der Waals surface area contributed by atoms with Crippen molar-refractivity contribution in [1.29, 1.82) is 0 Å². The number of carbonyl (C=O) groups is 1. The minimum atomic E-state index is -0.272. The maximum Gasteiger partial charge on any atom is 0.258 e. The van der Waals surface area contributed by atoms with Crippen molar-refractivity contribution in [3.8, 4) is 5.75 Å². The molecule has 0 spiro atoms. The Morgan fingerprint density at radius 3 is 2.93 bits per heavy atom. The fraction of sp³-hybridized carbons (Fsp3) is 0.278. The molecule has 0 saturated carbocycles. The van der Waals surface area contributed by atoms with E-state index in [1.54, 1.807) is 30.0 Å². The number of fused-ring (bicyclic) bond motifs is 1. The molecule has 9 heteroatoms. The molecule has 1 amide bonds. The summed E-state index contributed by atoms with van der Waals surface area (Å²) in [7, 11) is 0. The number of pyridine rings is 1. The molecule has 2 heterocycles. The van der Waals surface area contributed by atoms with E-state index in [1.807, 2.05) is 35.1 Å². The summed E-state index contributed by atoms with van der Waals surface area (Å²) in [4.78, 5) is 12.4. The van der Waals surface area contributed by atoms with Gasteiger partial charge in [0.25, 0.3) is 5.91 Å². The van der Waals surface area contributed by atoms with E-state index in [2.05, 4.69) is 15.5 Å². The molecule has 1 atom stereocenters. The minimum Gasteiger partial charge on any atom is -0.482 e. The molecule has 0 aliphatic carbocycles. The van der Waals surface area contributed by atoms with Gasteiger partial charge < -0.3 is 10.1 Å². The van der Waals surface area contributed by atoms with Gasteiger partial charge >= 0.3 is 0 Å². The third kappa shape index (κ3) is 5.06. The zero-order chi connectivity index (χ0) is 19.2. The Morgan fingerprint density at radius 2 is 2.15 bits per heavy atom. The Kier molecular flexibility index (Phi) is 6.82. The van der Waals surface area contributed by atoms with E-state index in [0.717, 1.165) is 17.8 Å². The number of benzene rings is 1. The monoisotopic (exact) mass is 424 g/mol. The van der Waals surface area contributed by atoms with E-state index in [1.165, 1.54) is 0 Å². The van der Waals surface area contributed by atoms with Crippen LogP contribution in [0.15, 0.2) is 42.6 Å². The van der Waals surface area contributed by atoms with Crippen molar-refractivity contribution in [3.05, 3.63) is 58.5 Å². The number of rotatable bonds is 8. The van der Waals surface area contributed by atoms with Crippen LogP contribution in [0.4, 0.5) is 0 Å². The van der Waals surface area contributed by atoms with Crippen LogP contribution in [0.3, 0.4) is 0 Å². The van der Waals surface area contributed by atoms with Crippen LogP contribution >= 0.6 is 35.0 Å². The molecule has 142 valence electrons. The minimum absolute atomic E-state index is 0.159. The summed E-state index contributed by atoms with van der Waals surface area (Å²) in [5, 5.41) is 12.3. The van der Waals surface area contributed by atoms with Gasteiger partial charge in [-0.2, -0.15) is 11.8 Å². The summed E-state index contributed by atoms with van der Waals surface area (Å²) < 4.78 is 7.39. The standard InChI is InChI=1S/C18H18Cl2N4O2S/c1-27-9-7-14(18-23-22-16-4-2-3-8-24(16)18)21-17(25)11-26-15-6-5-12(19)10-13(15)20/h2-6,8,10,14H,7,9,11H2,1H3,(H,21,25). The lowest BCUT2D eigenvalue weighted by atomic mass is 10.2. The van der Waals surface area contributed by atoms with Crippen LogP contribution in [0.25, 0.3) is 5.65 Å². The van der Waals surface area contributed by atoms with Crippen LogP contribution in [0.1, 0.15) is 18.3 Å². The molecule has 1 N–H and O–H groups in total. The molecule has 0 radical (unpaired) electrons. The maximum atomic E-state index is 12.4. The number of carbonyl (C=O) groups excluding carboxylic acids is 1. The van der Waals surface area contributed by atoms with Crippen molar-refractivity contribution in [1.82, 2.24) is 19.9 Å². The molecular weight excluding hydrogens is 407 g/mol. The summed E-state index contributed by atoms with van der Waals surface area (Å²) in [6.07, 6.45) is 4.63. The van der Waals surface area contributed by atoms with Gasteiger partial charge in [0.2, 0.25) is 0 Å². The Hall–Kier alpha value is -1.96. The highest BCUT2D eigenvalue weighted by atomic mass is 35.5. The normalized spacial score (nSPS) is 12.1. The average molecular weight is 425 g/mol. The first-order valence-electron chi connectivity index (χ1n) is 8.24. The number of amides is 1. The van der Waals surface area contributed by atoms with Crippen molar-refractivity contribution in [2.75, 3.05) is 18.6 Å². The molecule has 3 aromatic rings. The van der Waals surface area contributed by atoms with Gasteiger partial charge in [0.05, 0.1) is 11.1 Å². The summed E-state index contributed by atoms with van der Waals surface area (Å²) in [5.74, 6) is 1.71. The predicted octanol–water partition coefficient (Wildman–Crippen LogP) is 4.03. The number of ether oxygens (including phenoxy) is 1. The highest BCUT2D eigenvalue weighted by Gasteiger charge is 2.20. The van der Waals surface area contributed by atoms with E-state index < -0.39 is 0 Å². The second kappa shape index (κ2) is 9.30. The number of hydrogen-bond acceptors (Lipinski definition) is 5. The van der Waals surface area contributed by atoms with Crippen molar-refractivity contribution in [3.63, 3.8) is 0 Å². The van der Waals surface area contributed by atoms with Gasteiger partial charge in [-0.25, -0.2) is 0 Å². The summed E-state index contributed by atoms with van der Waals surface area (Å²) in [6, 6.07) is 10.3. The fourth-order valence-corrected chi connectivity index (χ4v) is 3.51. The number of hydrogen-bond donors (Lipinski definition) is 1. The lowest BCUT2D eigenvalue weighted by Gasteiger charge is -2.17. The molecule has 0 fully saturated rings. The third-order valence-corrected chi connectivity index (χ3v) is 5.02. The van der Waals surface area contributed by atoms with Crippen LogP contribution < -0.4 is 10.1 Å². The number of nitrogens with zero attached hydrogens (tertiary/aromatic N) is 3. The summed E-state index contributed by atoms with van der Waals surface area (Å²) in [6.45, 7) is -0.159. The number of halogens is 2. The van der Waals surface area contributed by atoms with E-state index >= 15 is 0 Å². The molecule has 0 aliphatic rings. The number of nitrogens with one attached hydrogen (secondary N) is 1. The van der Waals surface area contributed by atoms with E-state index in [0.29, 0.717) is 21.6 Å². The first-order chi connectivity index (χ1) is 13.1. The molecule has 1 aromatic carbocycles. The Bertz CT molecular complexity index is 935. The Balaban J connectivity index is 1.69. The number of aromatic nitrogens is 3. The molecule has 27 heavy (non-hydrogen) atoms. The molecule has 3 rings (SSSR count). The van der Waals surface area contributed by atoms with Crippen molar-refractivity contribution < 1.29 is 9.53 Å². The highest BCUT2D eigenvalue weighted by Crippen LogP contribution is 2.27. The van der Waals surface area contributed by atoms with Gasteiger partial charge in [-0.05, 0) is 48.8 Å². The van der Waals surface area contributed by atoms with Crippen molar-refractivity contribution in [2.45, 2.75) is 12.5 Å². The number of thioether (sulfide) groups is 1. The Labute approximate surface area is 171 Å². The maximum absolute atomic E-state index is 12.4. The molecule has 6 nitrogen and oxygen atoms in total.